The highest BCUT2D eigenvalue weighted by molar-refractivity contribution is 5.68. The third-order valence-corrected chi connectivity index (χ3v) is 2.33. The first-order valence-electron chi connectivity index (χ1n) is 5.42. The van der Waals surface area contributed by atoms with Crippen molar-refractivity contribution in [2.45, 2.75) is 58.6 Å². The van der Waals surface area contributed by atoms with Crippen LogP contribution in [0.2, 0.25) is 0 Å². The SMILES string of the molecule is CCC(NC(=O)OC(C)(C)C)C1CC1. The van der Waals surface area contributed by atoms with Gasteiger partial charge in [0.25, 0.3) is 0 Å². The molecule has 0 radical (unpaired) electrons. The summed E-state index contributed by atoms with van der Waals surface area (Å²) in [6, 6.07) is 0.310. The maximum Gasteiger partial charge on any atom is 0.407 e. The largest absolute Gasteiger partial charge is 0.444 e. The van der Waals surface area contributed by atoms with Gasteiger partial charge in [-0.1, -0.05) is 6.92 Å². The zero-order chi connectivity index (χ0) is 10.8. The van der Waals surface area contributed by atoms with E-state index in [1.165, 1.54) is 12.8 Å². The highest BCUT2D eigenvalue weighted by Crippen LogP contribution is 2.33. The fourth-order valence-corrected chi connectivity index (χ4v) is 1.51. The Morgan fingerprint density at radius 1 is 1.50 bits per heavy atom. The van der Waals surface area contributed by atoms with Crippen LogP contribution in [0.1, 0.15) is 47.0 Å². The number of rotatable bonds is 3. The van der Waals surface area contributed by atoms with Gasteiger partial charge in [0.05, 0.1) is 0 Å². The van der Waals surface area contributed by atoms with Crippen molar-refractivity contribution >= 4 is 6.09 Å². The van der Waals surface area contributed by atoms with E-state index in [-0.39, 0.29) is 6.09 Å². The average Bonchev–Trinajstić information content (AvgIpc) is 2.78. The van der Waals surface area contributed by atoms with Gasteiger partial charge in [-0.2, -0.15) is 0 Å². The van der Waals surface area contributed by atoms with Crippen LogP contribution in [-0.4, -0.2) is 17.7 Å². The number of alkyl carbamates (subject to hydrolysis) is 1. The van der Waals surface area contributed by atoms with E-state index in [1.807, 2.05) is 20.8 Å². The molecule has 0 aromatic rings. The molecule has 0 aromatic carbocycles. The van der Waals surface area contributed by atoms with Crippen LogP contribution < -0.4 is 5.32 Å². The number of carbonyl (C=O) groups excluding carboxylic acids is 1. The predicted molar refractivity (Wildman–Crippen MR) is 56.2 cm³/mol. The van der Waals surface area contributed by atoms with Gasteiger partial charge in [-0.25, -0.2) is 4.79 Å². The Hall–Kier alpha value is -0.730. The molecule has 3 nitrogen and oxygen atoms in total. The molecule has 1 N–H and O–H groups in total. The van der Waals surface area contributed by atoms with Crippen molar-refractivity contribution in [1.82, 2.24) is 5.32 Å². The second-order valence-electron chi connectivity index (χ2n) is 5.00. The molecule has 0 aliphatic heterocycles. The maximum atomic E-state index is 11.4. The van der Waals surface area contributed by atoms with Gasteiger partial charge in [-0.3, -0.25) is 0 Å². The van der Waals surface area contributed by atoms with E-state index in [0.717, 1.165) is 6.42 Å². The number of hydrogen-bond acceptors (Lipinski definition) is 2. The van der Waals surface area contributed by atoms with Crippen LogP contribution in [0.25, 0.3) is 0 Å². The van der Waals surface area contributed by atoms with E-state index >= 15 is 0 Å². The van der Waals surface area contributed by atoms with E-state index in [4.69, 9.17) is 4.74 Å². The van der Waals surface area contributed by atoms with Gasteiger partial charge >= 0.3 is 6.09 Å². The van der Waals surface area contributed by atoms with Gasteiger partial charge in [0, 0.05) is 6.04 Å². The third kappa shape index (κ3) is 3.99. The molecule has 0 saturated heterocycles. The normalized spacial score (nSPS) is 18.9. The Labute approximate surface area is 86.2 Å². The zero-order valence-electron chi connectivity index (χ0n) is 9.59. The highest BCUT2D eigenvalue weighted by atomic mass is 16.6. The second-order valence-corrected chi connectivity index (χ2v) is 5.00. The van der Waals surface area contributed by atoms with Gasteiger partial charge in [-0.15, -0.1) is 0 Å². The standard InChI is InChI=1S/C11H21NO2/c1-5-9(8-6-7-8)12-10(13)14-11(2,3)4/h8-9H,5-7H2,1-4H3,(H,12,13). The Bertz CT molecular complexity index is 204. The number of hydrogen-bond donors (Lipinski definition) is 1. The summed E-state index contributed by atoms with van der Waals surface area (Å²) in [7, 11) is 0. The van der Waals surface area contributed by atoms with Crippen LogP contribution in [-0.2, 0) is 4.74 Å². The summed E-state index contributed by atoms with van der Waals surface area (Å²) in [6.45, 7) is 7.74. The molecule has 0 aromatic heterocycles. The quantitative estimate of drug-likeness (QED) is 0.759. The number of nitrogens with one attached hydrogen (secondary N) is 1. The Kier molecular flexibility index (Phi) is 3.40. The van der Waals surface area contributed by atoms with Crippen LogP contribution in [0.15, 0.2) is 0 Å². The average molecular weight is 199 g/mol. The first kappa shape index (κ1) is 11.3. The van der Waals surface area contributed by atoms with Gasteiger partial charge in [0.1, 0.15) is 5.60 Å². The molecule has 82 valence electrons. The van der Waals surface area contributed by atoms with Crippen LogP contribution in [0.5, 0.6) is 0 Å². The Balaban J connectivity index is 2.31. The van der Waals surface area contributed by atoms with Crippen molar-refractivity contribution in [2.75, 3.05) is 0 Å². The monoisotopic (exact) mass is 199 g/mol. The molecule has 1 saturated carbocycles. The summed E-state index contributed by atoms with van der Waals surface area (Å²) in [6.07, 6.45) is 3.20. The Morgan fingerprint density at radius 3 is 2.43 bits per heavy atom. The first-order valence-corrected chi connectivity index (χ1v) is 5.42. The summed E-state index contributed by atoms with van der Waals surface area (Å²) in [4.78, 5) is 11.4. The molecule has 14 heavy (non-hydrogen) atoms. The molecule has 0 bridgehead atoms. The molecule has 1 unspecified atom stereocenters. The van der Waals surface area contributed by atoms with Gasteiger partial charge in [-0.05, 0) is 46.0 Å². The molecule has 1 fully saturated rings. The summed E-state index contributed by atoms with van der Waals surface area (Å²) in [5.74, 6) is 0.688. The third-order valence-electron chi connectivity index (χ3n) is 2.33. The number of amides is 1. The number of carbonyl (C=O) groups is 1. The van der Waals surface area contributed by atoms with Crippen LogP contribution >= 0.6 is 0 Å². The molecule has 1 amide bonds. The van der Waals surface area contributed by atoms with Gasteiger partial charge < -0.3 is 10.1 Å². The molecule has 0 spiro atoms. The van der Waals surface area contributed by atoms with Crippen molar-refractivity contribution in [3.05, 3.63) is 0 Å². The van der Waals surface area contributed by atoms with E-state index in [9.17, 15) is 4.79 Å². The summed E-state index contributed by atoms with van der Waals surface area (Å²) < 4.78 is 5.20. The fourth-order valence-electron chi connectivity index (χ4n) is 1.51. The lowest BCUT2D eigenvalue weighted by Gasteiger charge is -2.22. The second kappa shape index (κ2) is 4.20. The number of ether oxygens (including phenoxy) is 1. The topological polar surface area (TPSA) is 38.3 Å². The van der Waals surface area contributed by atoms with Crippen molar-refractivity contribution in [2.24, 2.45) is 5.92 Å². The lowest BCUT2D eigenvalue weighted by molar-refractivity contribution is 0.0496. The van der Waals surface area contributed by atoms with Crippen molar-refractivity contribution in [3.63, 3.8) is 0 Å². The molecule has 1 rings (SSSR count). The summed E-state index contributed by atoms with van der Waals surface area (Å²) >= 11 is 0. The fraction of sp³-hybridized carbons (Fsp3) is 0.909. The molecule has 0 heterocycles. The van der Waals surface area contributed by atoms with Gasteiger partial charge in [0.2, 0.25) is 0 Å². The van der Waals surface area contributed by atoms with Crippen molar-refractivity contribution in [1.29, 1.82) is 0 Å². The smallest absolute Gasteiger partial charge is 0.407 e. The highest BCUT2D eigenvalue weighted by Gasteiger charge is 2.31. The van der Waals surface area contributed by atoms with Gasteiger partial charge in [0.15, 0.2) is 0 Å². The first-order chi connectivity index (χ1) is 6.42. The van der Waals surface area contributed by atoms with E-state index < -0.39 is 5.60 Å². The lowest BCUT2D eigenvalue weighted by atomic mass is 10.1. The van der Waals surface area contributed by atoms with Crippen LogP contribution in [0, 0.1) is 5.92 Å². The molecule has 1 aliphatic rings. The molecule has 1 aliphatic carbocycles. The maximum absolute atomic E-state index is 11.4. The Morgan fingerprint density at radius 2 is 2.07 bits per heavy atom. The molecular weight excluding hydrogens is 178 g/mol. The van der Waals surface area contributed by atoms with Crippen LogP contribution in [0.3, 0.4) is 0 Å². The summed E-state index contributed by atoms with van der Waals surface area (Å²) in [5.41, 5.74) is -0.397. The molecule has 1 atom stereocenters. The van der Waals surface area contributed by atoms with Crippen molar-refractivity contribution in [3.8, 4) is 0 Å². The van der Waals surface area contributed by atoms with E-state index in [1.54, 1.807) is 0 Å². The van der Waals surface area contributed by atoms with E-state index in [2.05, 4.69) is 12.2 Å². The van der Waals surface area contributed by atoms with Crippen LogP contribution in [0.4, 0.5) is 4.79 Å². The minimum Gasteiger partial charge on any atom is -0.444 e. The zero-order valence-corrected chi connectivity index (χ0v) is 9.59. The molecule has 3 heteroatoms. The minimum atomic E-state index is -0.397. The lowest BCUT2D eigenvalue weighted by Crippen LogP contribution is -2.39. The van der Waals surface area contributed by atoms with E-state index in [0.29, 0.717) is 12.0 Å². The summed E-state index contributed by atoms with van der Waals surface area (Å²) in [5, 5.41) is 2.92. The minimum absolute atomic E-state index is 0.281. The molecular formula is C11H21NO2. The predicted octanol–water partition coefficient (Wildman–Crippen LogP) is 2.70. The van der Waals surface area contributed by atoms with Crippen molar-refractivity contribution < 1.29 is 9.53 Å².